The number of ether oxygens (including phenoxy) is 1. The summed E-state index contributed by atoms with van der Waals surface area (Å²) in [7, 11) is 1.60. The van der Waals surface area contributed by atoms with Gasteiger partial charge in [0.25, 0.3) is 0 Å². The molecule has 0 spiro atoms. The summed E-state index contributed by atoms with van der Waals surface area (Å²) in [6, 6.07) is 8.91. The van der Waals surface area contributed by atoms with Gasteiger partial charge in [-0.1, -0.05) is 35.3 Å². The predicted molar refractivity (Wildman–Crippen MR) is 86.5 cm³/mol. The number of phenols is 1. The van der Waals surface area contributed by atoms with Crippen LogP contribution < -0.4 is 4.74 Å². The number of carbonyl (C=O) groups excluding carboxylic acids is 1. The molecule has 2 aromatic rings. The van der Waals surface area contributed by atoms with Crippen molar-refractivity contribution in [2.24, 2.45) is 0 Å². The Balaban J connectivity index is 2.11. The molecule has 1 atom stereocenters. The first-order valence-corrected chi connectivity index (χ1v) is 7.53. The number of halogens is 2. The largest absolute Gasteiger partial charge is 0.506 e. The Morgan fingerprint density at radius 3 is 2.41 bits per heavy atom. The molecule has 0 fully saturated rings. The van der Waals surface area contributed by atoms with E-state index in [4.69, 9.17) is 27.9 Å². The van der Waals surface area contributed by atoms with Crippen molar-refractivity contribution in [3.63, 3.8) is 0 Å². The van der Waals surface area contributed by atoms with Crippen molar-refractivity contribution in [2.45, 2.75) is 18.8 Å². The summed E-state index contributed by atoms with van der Waals surface area (Å²) in [6.07, 6.45) is 0.470. The van der Waals surface area contributed by atoms with Gasteiger partial charge in [0.1, 0.15) is 16.5 Å². The van der Waals surface area contributed by atoms with Gasteiger partial charge in [-0.2, -0.15) is 0 Å². The lowest BCUT2D eigenvalue weighted by Crippen LogP contribution is -2.29. The first-order valence-electron chi connectivity index (χ1n) is 6.77. The monoisotopic (exact) mass is 336 g/mol. The van der Waals surface area contributed by atoms with Gasteiger partial charge in [0.05, 0.1) is 17.5 Å². The molecule has 0 bridgehead atoms. The molecule has 0 aromatic heterocycles. The molecule has 5 heteroatoms. The number of fused-ring (bicyclic) bond motifs is 1. The van der Waals surface area contributed by atoms with E-state index in [2.05, 4.69) is 0 Å². The highest BCUT2D eigenvalue weighted by Crippen LogP contribution is 2.47. The number of phenolic OH excluding ortho intramolecular Hbond substituents is 1. The normalized spacial score (nSPS) is 20.1. The van der Waals surface area contributed by atoms with Crippen LogP contribution in [-0.4, -0.2) is 18.0 Å². The maximum atomic E-state index is 12.9. The Bertz CT molecular complexity index is 768. The first-order chi connectivity index (χ1) is 10.4. The second-order valence-corrected chi connectivity index (χ2v) is 6.38. The molecule has 1 aliphatic carbocycles. The van der Waals surface area contributed by atoms with Crippen LogP contribution in [0.1, 0.15) is 28.4 Å². The van der Waals surface area contributed by atoms with Gasteiger partial charge in [-0.25, -0.2) is 0 Å². The van der Waals surface area contributed by atoms with Crippen LogP contribution in [0.15, 0.2) is 30.3 Å². The van der Waals surface area contributed by atoms with E-state index in [9.17, 15) is 9.90 Å². The molecule has 0 aliphatic heterocycles. The SMILES string of the molecule is COc1ccc([C@@]2(C)Cc3cc(O)c(Cl)c(Cl)c3C2=O)cc1. The number of hydrogen-bond donors (Lipinski definition) is 1. The molecule has 3 nitrogen and oxygen atoms in total. The summed E-state index contributed by atoms with van der Waals surface area (Å²) in [5.74, 6) is 0.547. The maximum Gasteiger partial charge on any atom is 0.175 e. The van der Waals surface area contributed by atoms with Crippen molar-refractivity contribution in [1.29, 1.82) is 0 Å². The van der Waals surface area contributed by atoms with Gasteiger partial charge >= 0.3 is 0 Å². The fraction of sp³-hybridized carbons (Fsp3) is 0.235. The Kier molecular flexibility index (Phi) is 3.58. The minimum Gasteiger partial charge on any atom is -0.506 e. The third kappa shape index (κ3) is 2.08. The molecule has 0 radical (unpaired) electrons. The lowest BCUT2D eigenvalue weighted by Gasteiger charge is -2.22. The molecule has 3 rings (SSSR count). The lowest BCUT2D eigenvalue weighted by molar-refractivity contribution is 0.0915. The minimum atomic E-state index is -0.727. The Morgan fingerprint density at radius 2 is 1.82 bits per heavy atom. The number of ketones is 1. The highest BCUT2D eigenvalue weighted by atomic mass is 35.5. The van der Waals surface area contributed by atoms with Crippen molar-refractivity contribution in [3.8, 4) is 11.5 Å². The molecular formula is C17H14Cl2O3. The summed E-state index contributed by atoms with van der Waals surface area (Å²) in [6.45, 7) is 1.87. The van der Waals surface area contributed by atoms with Gasteiger partial charge in [0, 0.05) is 5.56 Å². The zero-order chi connectivity index (χ0) is 16.1. The average molecular weight is 337 g/mol. The van der Waals surface area contributed by atoms with Crippen LogP contribution in [0.2, 0.25) is 10.0 Å². The Morgan fingerprint density at radius 1 is 1.18 bits per heavy atom. The molecule has 0 saturated carbocycles. The quantitative estimate of drug-likeness (QED) is 0.883. The third-order valence-corrected chi connectivity index (χ3v) is 5.13. The van der Waals surface area contributed by atoms with Crippen molar-refractivity contribution in [2.75, 3.05) is 7.11 Å². The van der Waals surface area contributed by atoms with Crippen molar-refractivity contribution < 1.29 is 14.6 Å². The summed E-state index contributed by atoms with van der Waals surface area (Å²) in [5, 5.41) is 9.96. The number of methoxy groups -OCH3 is 1. The Hall–Kier alpha value is -1.71. The number of hydrogen-bond acceptors (Lipinski definition) is 3. The van der Waals surface area contributed by atoms with E-state index in [1.165, 1.54) is 6.07 Å². The van der Waals surface area contributed by atoms with E-state index in [1.807, 2.05) is 31.2 Å². The van der Waals surface area contributed by atoms with Gasteiger partial charge < -0.3 is 9.84 Å². The van der Waals surface area contributed by atoms with E-state index in [0.717, 1.165) is 16.9 Å². The molecule has 22 heavy (non-hydrogen) atoms. The highest BCUT2D eigenvalue weighted by molar-refractivity contribution is 6.45. The third-order valence-electron chi connectivity index (χ3n) is 4.27. The molecule has 2 aromatic carbocycles. The van der Waals surface area contributed by atoms with E-state index < -0.39 is 5.41 Å². The second-order valence-electron chi connectivity index (χ2n) is 5.62. The minimum absolute atomic E-state index is 0.0211. The number of benzene rings is 2. The number of rotatable bonds is 2. The van der Waals surface area contributed by atoms with Gasteiger partial charge in [-0.15, -0.1) is 0 Å². The molecule has 0 saturated heterocycles. The number of carbonyl (C=O) groups is 1. The zero-order valence-electron chi connectivity index (χ0n) is 12.1. The molecule has 1 aliphatic rings. The van der Waals surface area contributed by atoms with Crippen LogP contribution >= 0.6 is 23.2 Å². The lowest BCUT2D eigenvalue weighted by atomic mass is 9.79. The zero-order valence-corrected chi connectivity index (χ0v) is 13.6. The first kappa shape index (κ1) is 15.2. The molecule has 0 heterocycles. The van der Waals surface area contributed by atoms with E-state index in [0.29, 0.717) is 12.0 Å². The van der Waals surface area contributed by atoms with Gasteiger partial charge in [0.2, 0.25) is 0 Å². The molecular weight excluding hydrogens is 323 g/mol. The van der Waals surface area contributed by atoms with Crippen molar-refractivity contribution in [3.05, 3.63) is 57.1 Å². The topological polar surface area (TPSA) is 46.5 Å². The molecule has 0 amide bonds. The van der Waals surface area contributed by atoms with Crippen LogP contribution in [-0.2, 0) is 11.8 Å². The Labute approximate surface area is 138 Å². The smallest absolute Gasteiger partial charge is 0.175 e. The molecule has 0 unspecified atom stereocenters. The van der Waals surface area contributed by atoms with Gasteiger partial charge in [0.15, 0.2) is 5.78 Å². The second kappa shape index (κ2) is 5.18. The van der Waals surface area contributed by atoms with Crippen LogP contribution in [0, 0.1) is 0 Å². The molecule has 114 valence electrons. The maximum absolute atomic E-state index is 12.9. The fourth-order valence-electron chi connectivity index (χ4n) is 2.98. The van der Waals surface area contributed by atoms with Crippen molar-refractivity contribution >= 4 is 29.0 Å². The van der Waals surface area contributed by atoms with Crippen LogP contribution in [0.5, 0.6) is 11.5 Å². The highest BCUT2D eigenvalue weighted by Gasteiger charge is 2.45. The standard InChI is InChI=1S/C17H14Cl2O3/c1-17(10-3-5-11(22-2)6-4-10)8-9-7-12(20)14(18)15(19)13(9)16(17)21/h3-7,20H,8H2,1-2H3/t17-/m1/s1. The van der Waals surface area contributed by atoms with Crippen LogP contribution in [0.25, 0.3) is 0 Å². The number of Topliss-reactive ketones (excluding diaryl/α,β-unsaturated/α-hetero) is 1. The van der Waals surface area contributed by atoms with E-state index >= 15 is 0 Å². The summed E-state index contributed by atoms with van der Waals surface area (Å²) < 4.78 is 5.15. The van der Waals surface area contributed by atoms with Gasteiger partial charge in [-0.05, 0) is 42.7 Å². The molecule has 1 N–H and O–H groups in total. The van der Waals surface area contributed by atoms with Crippen LogP contribution in [0.4, 0.5) is 0 Å². The number of aromatic hydroxyl groups is 1. The average Bonchev–Trinajstić information content (AvgIpc) is 2.77. The predicted octanol–water partition coefficient (Wildman–Crippen LogP) is 4.40. The fourth-order valence-corrected chi connectivity index (χ4v) is 3.43. The summed E-state index contributed by atoms with van der Waals surface area (Å²) >= 11 is 12.1. The van der Waals surface area contributed by atoms with Gasteiger partial charge in [-0.3, -0.25) is 4.79 Å². The summed E-state index contributed by atoms with van der Waals surface area (Å²) in [5.41, 5.74) is 1.27. The van der Waals surface area contributed by atoms with E-state index in [1.54, 1.807) is 7.11 Å². The van der Waals surface area contributed by atoms with Crippen LogP contribution in [0.3, 0.4) is 0 Å². The van der Waals surface area contributed by atoms with E-state index in [-0.39, 0.29) is 21.6 Å². The van der Waals surface area contributed by atoms with Crippen molar-refractivity contribution in [1.82, 2.24) is 0 Å². The summed E-state index contributed by atoms with van der Waals surface area (Å²) in [4.78, 5) is 12.9.